The zero-order valence-electron chi connectivity index (χ0n) is 18.0. The highest BCUT2D eigenvalue weighted by Gasteiger charge is 2.27. The van der Waals surface area contributed by atoms with Crippen LogP contribution in [0, 0.1) is 11.8 Å². The molecule has 5 rings (SSSR count). The Labute approximate surface area is 185 Å². The quantitative estimate of drug-likeness (QED) is 0.491. The van der Waals surface area contributed by atoms with Crippen LogP contribution < -0.4 is 10.9 Å². The Kier molecular flexibility index (Phi) is 5.71. The van der Waals surface area contributed by atoms with Crippen LogP contribution >= 0.6 is 0 Å². The molecule has 0 bridgehead atoms. The molecule has 7 nitrogen and oxygen atoms in total. The van der Waals surface area contributed by atoms with Crippen molar-refractivity contribution in [3.05, 3.63) is 70.6 Å². The molecule has 0 unspecified atom stereocenters. The van der Waals surface area contributed by atoms with E-state index in [0.717, 1.165) is 37.6 Å². The summed E-state index contributed by atoms with van der Waals surface area (Å²) in [5.74, 6) is 0.540. The molecule has 0 atom stereocenters. The van der Waals surface area contributed by atoms with Gasteiger partial charge in [0.2, 0.25) is 5.91 Å². The number of hydrogen-bond acceptors (Lipinski definition) is 4. The van der Waals surface area contributed by atoms with Gasteiger partial charge in [0.05, 0.1) is 5.39 Å². The van der Waals surface area contributed by atoms with E-state index in [1.54, 1.807) is 12.1 Å². The molecule has 2 heterocycles. The second-order valence-corrected chi connectivity index (χ2v) is 8.71. The summed E-state index contributed by atoms with van der Waals surface area (Å²) in [5, 5.41) is 13.2. The molecule has 2 aromatic carbocycles. The normalized spacial score (nSPS) is 18.8. The van der Waals surface area contributed by atoms with E-state index in [2.05, 4.69) is 32.7 Å². The highest BCUT2D eigenvalue weighted by molar-refractivity contribution is 5.83. The fraction of sp³-hybridized carbons (Fsp3) is 0.360. The van der Waals surface area contributed by atoms with Crippen molar-refractivity contribution < 1.29 is 4.79 Å². The number of amides is 1. The van der Waals surface area contributed by atoms with E-state index < -0.39 is 0 Å². The molecule has 0 saturated heterocycles. The average Bonchev–Trinajstić information content (AvgIpc) is 3.24. The van der Waals surface area contributed by atoms with Crippen molar-refractivity contribution >= 4 is 27.7 Å². The number of aromatic amines is 1. The fourth-order valence-electron chi connectivity index (χ4n) is 4.80. The molecule has 2 N–H and O–H groups in total. The Morgan fingerprint density at radius 2 is 1.78 bits per heavy atom. The smallest absolute Gasteiger partial charge is 0.277 e. The van der Waals surface area contributed by atoms with Gasteiger partial charge >= 0.3 is 0 Å². The lowest BCUT2D eigenvalue weighted by molar-refractivity contribution is -0.126. The number of hydrogen-bond donors (Lipinski definition) is 2. The number of H-pyrrole nitrogens is 1. The Morgan fingerprint density at radius 3 is 2.62 bits per heavy atom. The highest BCUT2D eigenvalue weighted by Crippen LogP contribution is 2.29. The summed E-state index contributed by atoms with van der Waals surface area (Å²) in [4.78, 5) is 28.6. The number of fused-ring (bicyclic) bond motifs is 2. The van der Waals surface area contributed by atoms with Gasteiger partial charge in [0.15, 0.2) is 0 Å². The van der Waals surface area contributed by atoms with Crippen molar-refractivity contribution in [2.75, 3.05) is 6.54 Å². The molecule has 1 aliphatic rings. The summed E-state index contributed by atoms with van der Waals surface area (Å²) in [7, 11) is 0. The van der Waals surface area contributed by atoms with E-state index in [1.165, 1.54) is 15.6 Å². The molecule has 164 valence electrons. The lowest BCUT2D eigenvalue weighted by atomic mass is 9.81. The van der Waals surface area contributed by atoms with Gasteiger partial charge in [-0.15, -0.1) is 5.10 Å². The molecule has 1 aliphatic carbocycles. The number of carbonyl (C=O) groups is 1. The fourth-order valence-corrected chi connectivity index (χ4v) is 4.80. The van der Waals surface area contributed by atoms with E-state index in [0.29, 0.717) is 29.9 Å². The maximum Gasteiger partial charge on any atom is 0.277 e. The molecule has 2 aromatic heterocycles. The van der Waals surface area contributed by atoms with Crippen molar-refractivity contribution in [3.63, 3.8) is 0 Å². The minimum absolute atomic E-state index is 0.0497. The number of para-hydroxylation sites is 1. The average molecular weight is 430 g/mol. The topological polar surface area (TPSA) is 92.7 Å². The van der Waals surface area contributed by atoms with Crippen molar-refractivity contribution in [1.29, 1.82) is 0 Å². The summed E-state index contributed by atoms with van der Waals surface area (Å²) >= 11 is 0. The molecule has 0 aliphatic heterocycles. The first-order chi connectivity index (χ1) is 15.7. The van der Waals surface area contributed by atoms with E-state index in [-0.39, 0.29) is 17.4 Å². The zero-order valence-corrected chi connectivity index (χ0v) is 18.0. The number of nitrogens with one attached hydrogen (secondary N) is 2. The van der Waals surface area contributed by atoms with E-state index in [9.17, 15) is 9.59 Å². The van der Waals surface area contributed by atoms with Crippen LogP contribution in [0.3, 0.4) is 0 Å². The van der Waals surface area contributed by atoms with Gasteiger partial charge in [0, 0.05) is 36.1 Å². The van der Waals surface area contributed by atoms with Crippen LogP contribution in [0.5, 0.6) is 0 Å². The molecule has 1 amide bonds. The van der Waals surface area contributed by atoms with E-state index >= 15 is 0 Å². The number of rotatable bonds is 6. The summed E-state index contributed by atoms with van der Waals surface area (Å²) in [6, 6.07) is 15.5. The minimum Gasteiger partial charge on any atom is -0.361 e. The minimum atomic E-state index is -0.0900. The van der Waals surface area contributed by atoms with Crippen LogP contribution in [0.1, 0.15) is 31.2 Å². The summed E-state index contributed by atoms with van der Waals surface area (Å²) in [6.45, 7) is 1.20. The van der Waals surface area contributed by atoms with Gasteiger partial charge in [0.25, 0.3) is 5.56 Å². The number of aromatic nitrogens is 4. The predicted octanol–water partition coefficient (Wildman–Crippen LogP) is 3.44. The van der Waals surface area contributed by atoms with Gasteiger partial charge in [-0.1, -0.05) is 35.5 Å². The molecule has 1 fully saturated rings. The Hall–Kier alpha value is -3.48. The zero-order chi connectivity index (χ0) is 21.9. The van der Waals surface area contributed by atoms with E-state index in [4.69, 9.17) is 0 Å². The van der Waals surface area contributed by atoms with Gasteiger partial charge in [-0.25, -0.2) is 4.68 Å². The monoisotopic (exact) mass is 429 g/mol. The Balaban J connectivity index is 1.12. The lowest BCUT2D eigenvalue weighted by Gasteiger charge is -2.27. The lowest BCUT2D eigenvalue weighted by Crippen LogP contribution is -2.35. The molecule has 1 saturated carbocycles. The van der Waals surface area contributed by atoms with Crippen LogP contribution in [0.25, 0.3) is 21.8 Å². The van der Waals surface area contributed by atoms with Crippen LogP contribution in [0.15, 0.2) is 59.5 Å². The largest absolute Gasteiger partial charge is 0.361 e. The van der Waals surface area contributed by atoms with Gasteiger partial charge in [0.1, 0.15) is 5.52 Å². The van der Waals surface area contributed by atoms with Gasteiger partial charge in [-0.05, 0) is 61.8 Å². The number of nitrogens with zero attached hydrogens (tertiary/aromatic N) is 3. The molecule has 4 aromatic rings. The first-order valence-corrected chi connectivity index (χ1v) is 11.3. The Morgan fingerprint density at radius 1 is 1.03 bits per heavy atom. The van der Waals surface area contributed by atoms with E-state index in [1.807, 2.05) is 30.5 Å². The van der Waals surface area contributed by atoms with Gasteiger partial charge < -0.3 is 10.3 Å². The van der Waals surface area contributed by atoms with Crippen molar-refractivity contribution in [1.82, 2.24) is 25.3 Å². The summed E-state index contributed by atoms with van der Waals surface area (Å²) in [5.41, 5.74) is 2.89. The summed E-state index contributed by atoms with van der Waals surface area (Å²) in [6.07, 6.45) is 6.37. The van der Waals surface area contributed by atoms with Crippen molar-refractivity contribution in [2.24, 2.45) is 11.8 Å². The maximum atomic E-state index is 12.7. The maximum absolute atomic E-state index is 12.7. The third kappa shape index (κ3) is 4.15. The first kappa shape index (κ1) is 20.4. The first-order valence-electron chi connectivity index (χ1n) is 11.3. The predicted molar refractivity (Wildman–Crippen MR) is 124 cm³/mol. The van der Waals surface area contributed by atoms with Gasteiger partial charge in [-0.2, -0.15) is 0 Å². The summed E-state index contributed by atoms with van der Waals surface area (Å²) < 4.78 is 1.48. The van der Waals surface area contributed by atoms with Crippen molar-refractivity contribution in [3.8, 4) is 0 Å². The second kappa shape index (κ2) is 8.94. The molecular weight excluding hydrogens is 402 g/mol. The number of benzene rings is 2. The Bertz CT molecular complexity index is 1300. The third-order valence-corrected chi connectivity index (χ3v) is 6.65. The standard InChI is InChI=1S/C25H27N5O2/c31-24(26-14-13-19-15-27-22-7-3-1-5-20(19)22)18-11-9-17(10-12-18)16-30-25(32)21-6-2-4-8-23(21)28-29-30/h1-8,15,17-18,27H,9-14,16H2,(H,26,31). The van der Waals surface area contributed by atoms with Crippen LogP contribution in [0.2, 0.25) is 0 Å². The SMILES string of the molecule is O=C(NCCc1c[nH]c2ccccc12)C1CCC(Cn2nnc3ccccc3c2=O)CC1. The number of carbonyl (C=O) groups excluding carboxylic acids is 1. The van der Waals surface area contributed by atoms with Crippen LogP contribution in [-0.2, 0) is 17.8 Å². The highest BCUT2D eigenvalue weighted by atomic mass is 16.2. The molecule has 32 heavy (non-hydrogen) atoms. The second-order valence-electron chi connectivity index (χ2n) is 8.71. The van der Waals surface area contributed by atoms with Crippen molar-refractivity contribution in [2.45, 2.75) is 38.6 Å². The van der Waals surface area contributed by atoms with Crippen LogP contribution in [0.4, 0.5) is 0 Å². The molecule has 0 radical (unpaired) electrons. The molecule has 7 heteroatoms. The third-order valence-electron chi connectivity index (χ3n) is 6.65. The van der Waals surface area contributed by atoms with Gasteiger partial charge in [-0.3, -0.25) is 9.59 Å². The molecular formula is C25H27N5O2. The molecule has 0 spiro atoms. The van der Waals surface area contributed by atoms with Crippen LogP contribution in [-0.4, -0.2) is 32.4 Å².